The number of aryl methyl sites for hydroxylation is 1. The molecule has 2 rings (SSSR count). The summed E-state index contributed by atoms with van der Waals surface area (Å²) in [6, 6.07) is 10.3. The minimum Gasteiger partial charge on any atom is -0.495 e. The van der Waals surface area contributed by atoms with E-state index in [0.717, 1.165) is 5.56 Å². The van der Waals surface area contributed by atoms with Crippen LogP contribution in [0.25, 0.3) is 0 Å². The molecule has 0 fully saturated rings. The molecule has 0 radical (unpaired) electrons. The predicted molar refractivity (Wildman–Crippen MR) is 102 cm³/mol. The molecule has 0 heterocycles. The number of benzene rings is 2. The Hall–Kier alpha value is -2.73. The zero-order valence-corrected chi connectivity index (χ0v) is 15.9. The number of rotatable bonds is 6. The summed E-state index contributed by atoms with van der Waals surface area (Å²) in [6.45, 7) is 3.10. The first-order valence-electron chi connectivity index (χ1n) is 7.92. The molecule has 26 heavy (non-hydrogen) atoms. The molecule has 0 aliphatic heterocycles. The highest BCUT2D eigenvalue weighted by Gasteiger charge is 2.20. The lowest BCUT2D eigenvalue weighted by Gasteiger charge is -2.23. The van der Waals surface area contributed by atoms with E-state index in [4.69, 9.17) is 21.1 Å². The number of hydrogen-bond donors (Lipinski definition) is 1. The summed E-state index contributed by atoms with van der Waals surface area (Å²) in [5, 5.41) is 3.22. The van der Waals surface area contributed by atoms with Crippen LogP contribution in [0.1, 0.15) is 12.5 Å². The number of methoxy groups -OCH3 is 2. The smallest absolute Gasteiger partial charge is 0.244 e. The standard InChI is InChI=1S/C19H21ClN2O4/c1-12-5-7-17(25-3)15(9-12)21-19(24)11-22(13(2)23)16-10-14(20)6-8-18(16)26-4/h5-10H,11H2,1-4H3,(H,21,24). The topological polar surface area (TPSA) is 67.9 Å². The number of amides is 2. The number of nitrogens with zero attached hydrogens (tertiary/aromatic N) is 1. The molecule has 1 N–H and O–H groups in total. The first-order valence-corrected chi connectivity index (χ1v) is 8.29. The third-order valence-electron chi connectivity index (χ3n) is 3.74. The van der Waals surface area contributed by atoms with Gasteiger partial charge in [0.25, 0.3) is 0 Å². The maximum absolute atomic E-state index is 12.5. The molecule has 0 unspecified atom stereocenters. The number of anilines is 2. The third kappa shape index (κ3) is 4.67. The molecule has 0 aliphatic carbocycles. The summed E-state index contributed by atoms with van der Waals surface area (Å²) in [5.41, 5.74) is 1.94. The number of hydrogen-bond acceptors (Lipinski definition) is 4. The monoisotopic (exact) mass is 376 g/mol. The van der Waals surface area contributed by atoms with Crippen molar-refractivity contribution in [1.29, 1.82) is 0 Å². The van der Waals surface area contributed by atoms with Crippen LogP contribution < -0.4 is 19.7 Å². The fourth-order valence-electron chi connectivity index (χ4n) is 2.49. The second kappa shape index (κ2) is 8.58. The van der Waals surface area contributed by atoms with Gasteiger partial charge in [0.1, 0.15) is 18.0 Å². The Kier molecular flexibility index (Phi) is 6.46. The summed E-state index contributed by atoms with van der Waals surface area (Å²) in [7, 11) is 3.02. The molecule has 2 aromatic rings. The number of carbonyl (C=O) groups excluding carboxylic acids is 2. The van der Waals surface area contributed by atoms with Gasteiger partial charge in [0.2, 0.25) is 11.8 Å². The fourth-order valence-corrected chi connectivity index (χ4v) is 2.66. The lowest BCUT2D eigenvalue weighted by molar-refractivity contribution is -0.120. The van der Waals surface area contributed by atoms with E-state index < -0.39 is 0 Å². The van der Waals surface area contributed by atoms with Gasteiger partial charge < -0.3 is 14.8 Å². The Balaban J connectivity index is 2.26. The molecule has 7 heteroatoms. The van der Waals surface area contributed by atoms with E-state index in [1.165, 1.54) is 26.0 Å². The van der Waals surface area contributed by atoms with Gasteiger partial charge in [-0.15, -0.1) is 0 Å². The van der Waals surface area contributed by atoms with Gasteiger partial charge in [0, 0.05) is 11.9 Å². The van der Waals surface area contributed by atoms with E-state index in [9.17, 15) is 9.59 Å². The van der Waals surface area contributed by atoms with Crippen molar-refractivity contribution < 1.29 is 19.1 Å². The second-order valence-electron chi connectivity index (χ2n) is 5.67. The minimum atomic E-state index is -0.369. The van der Waals surface area contributed by atoms with Crippen molar-refractivity contribution in [2.45, 2.75) is 13.8 Å². The number of ether oxygens (including phenoxy) is 2. The normalized spacial score (nSPS) is 10.2. The number of halogens is 1. The highest BCUT2D eigenvalue weighted by molar-refractivity contribution is 6.31. The van der Waals surface area contributed by atoms with E-state index in [1.54, 1.807) is 30.3 Å². The van der Waals surface area contributed by atoms with E-state index >= 15 is 0 Å². The zero-order chi connectivity index (χ0) is 19.3. The maximum Gasteiger partial charge on any atom is 0.244 e. The third-order valence-corrected chi connectivity index (χ3v) is 3.98. The summed E-state index contributed by atoms with van der Waals surface area (Å²) < 4.78 is 10.5. The van der Waals surface area contributed by atoms with E-state index in [0.29, 0.717) is 27.9 Å². The SMILES string of the molecule is COc1ccc(C)cc1NC(=O)CN(C(C)=O)c1cc(Cl)ccc1OC. The fraction of sp³-hybridized carbons (Fsp3) is 0.263. The zero-order valence-electron chi connectivity index (χ0n) is 15.1. The van der Waals surface area contributed by atoms with Gasteiger partial charge in [-0.25, -0.2) is 0 Å². The Labute approximate surface area is 157 Å². The van der Waals surface area contributed by atoms with Gasteiger partial charge >= 0.3 is 0 Å². The Bertz CT molecular complexity index is 823. The van der Waals surface area contributed by atoms with Crippen LogP contribution in [0.5, 0.6) is 11.5 Å². The summed E-state index contributed by atoms with van der Waals surface area (Å²) >= 11 is 6.04. The molecule has 138 valence electrons. The molecule has 0 saturated heterocycles. The van der Waals surface area contributed by atoms with Crippen LogP contribution >= 0.6 is 11.6 Å². The van der Waals surface area contributed by atoms with Gasteiger partial charge in [-0.3, -0.25) is 14.5 Å². The van der Waals surface area contributed by atoms with Gasteiger partial charge in [-0.2, -0.15) is 0 Å². The summed E-state index contributed by atoms with van der Waals surface area (Å²) in [5.74, 6) is 0.312. The molecule has 2 amide bonds. The molecule has 0 aromatic heterocycles. The Morgan fingerprint density at radius 2 is 1.73 bits per heavy atom. The van der Waals surface area contributed by atoms with E-state index in [-0.39, 0.29) is 18.4 Å². The van der Waals surface area contributed by atoms with Crippen molar-refractivity contribution in [2.24, 2.45) is 0 Å². The lowest BCUT2D eigenvalue weighted by Crippen LogP contribution is -2.37. The second-order valence-corrected chi connectivity index (χ2v) is 6.11. The number of carbonyl (C=O) groups is 2. The van der Waals surface area contributed by atoms with E-state index in [1.807, 2.05) is 13.0 Å². The Morgan fingerprint density at radius 3 is 2.35 bits per heavy atom. The Morgan fingerprint density at radius 1 is 1.08 bits per heavy atom. The summed E-state index contributed by atoms with van der Waals surface area (Å²) in [4.78, 5) is 25.9. The average Bonchev–Trinajstić information content (AvgIpc) is 2.59. The average molecular weight is 377 g/mol. The molecule has 0 spiro atoms. The van der Waals surface area contributed by atoms with Crippen LogP contribution in [-0.2, 0) is 9.59 Å². The van der Waals surface area contributed by atoms with Crippen molar-refractivity contribution in [2.75, 3.05) is 31.0 Å². The van der Waals surface area contributed by atoms with Crippen LogP contribution in [0.3, 0.4) is 0 Å². The van der Waals surface area contributed by atoms with Crippen LogP contribution in [0.15, 0.2) is 36.4 Å². The molecule has 0 saturated carbocycles. The molecular formula is C19H21ClN2O4. The van der Waals surface area contributed by atoms with Crippen molar-refractivity contribution >= 4 is 34.8 Å². The van der Waals surface area contributed by atoms with Crippen LogP contribution in [-0.4, -0.2) is 32.6 Å². The molecule has 0 atom stereocenters. The first kappa shape index (κ1) is 19.6. The van der Waals surface area contributed by atoms with Gasteiger partial charge in [0.05, 0.1) is 25.6 Å². The van der Waals surface area contributed by atoms with Crippen molar-refractivity contribution in [3.8, 4) is 11.5 Å². The van der Waals surface area contributed by atoms with Crippen molar-refractivity contribution in [1.82, 2.24) is 0 Å². The molecule has 0 aliphatic rings. The number of nitrogens with one attached hydrogen (secondary N) is 1. The highest BCUT2D eigenvalue weighted by atomic mass is 35.5. The lowest BCUT2D eigenvalue weighted by atomic mass is 10.2. The van der Waals surface area contributed by atoms with E-state index in [2.05, 4.69) is 5.32 Å². The van der Waals surface area contributed by atoms with Gasteiger partial charge in [0.15, 0.2) is 0 Å². The molecule has 0 bridgehead atoms. The summed E-state index contributed by atoms with van der Waals surface area (Å²) in [6.07, 6.45) is 0. The minimum absolute atomic E-state index is 0.191. The van der Waals surface area contributed by atoms with Gasteiger partial charge in [-0.05, 0) is 42.8 Å². The quantitative estimate of drug-likeness (QED) is 0.835. The highest BCUT2D eigenvalue weighted by Crippen LogP contribution is 2.31. The molecular weight excluding hydrogens is 356 g/mol. The molecule has 6 nitrogen and oxygen atoms in total. The van der Waals surface area contributed by atoms with Crippen LogP contribution in [0.2, 0.25) is 5.02 Å². The van der Waals surface area contributed by atoms with Gasteiger partial charge in [-0.1, -0.05) is 17.7 Å². The predicted octanol–water partition coefficient (Wildman–Crippen LogP) is 3.66. The van der Waals surface area contributed by atoms with Crippen molar-refractivity contribution in [3.05, 3.63) is 47.0 Å². The van der Waals surface area contributed by atoms with Crippen molar-refractivity contribution in [3.63, 3.8) is 0 Å². The van der Waals surface area contributed by atoms with Crippen LogP contribution in [0.4, 0.5) is 11.4 Å². The maximum atomic E-state index is 12.5. The first-order chi connectivity index (χ1) is 12.3. The largest absolute Gasteiger partial charge is 0.495 e. The van der Waals surface area contributed by atoms with Crippen LogP contribution in [0, 0.1) is 6.92 Å². The molecule has 2 aromatic carbocycles.